The number of rotatable bonds is 3. The van der Waals surface area contributed by atoms with E-state index in [1.54, 1.807) is 0 Å². The van der Waals surface area contributed by atoms with E-state index in [2.05, 4.69) is 4.98 Å². The highest BCUT2D eigenvalue weighted by Crippen LogP contribution is 2.48. The molecule has 2 aliphatic rings. The second-order valence-electron chi connectivity index (χ2n) is 4.93. The first-order chi connectivity index (χ1) is 8.10. The summed E-state index contributed by atoms with van der Waals surface area (Å²) in [6, 6.07) is 0. The topological polar surface area (TPSA) is 48.4 Å². The van der Waals surface area contributed by atoms with Gasteiger partial charge in [-0.3, -0.25) is 4.79 Å². The Morgan fingerprint density at radius 2 is 2.06 bits per heavy atom. The SMILES string of the molecule is Cc1nc(C(=O)C2(C)CC2)sc1C1OCCO1. The van der Waals surface area contributed by atoms with Crippen molar-refractivity contribution in [2.24, 2.45) is 5.41 Å². The average Bonchev–Trinajstić information content (AvgIpc) is 2.77. The first-order valence-corrected chi connectivity index (χ1v) is 6.67. The molecule has 0 spiro atoms. The third-order valence-corrected chi connectivity index (χ3v) is 4.59. The van der Waals surface area contributed by atoms with Crippen molar-refractivity contribution in [3.8, 4) is 0 Å². The molecule has 1 aliphatic heterocycles. The molecule has 4 nitrogen and oxygen atoms in total. The predicted molar refractivity (Wildman–Crippen MR) is 63.2 cm³/mol. The van der Waals surface area contributed by atoms with Crippen LogP contribution in [0.4, 0.5) is 0 Å². The smallest absolute Gasteiger partial charge is 0.197 e. The number of aromatic nitrogens is 1. The van der Waals surface area contributed by atoms with E-state index in [9.17, 15) is 4.79 Å². The molecule has 0 unspecified atom stereocenters. The van der Waals surface area contributed by atoms with Crippen LogP contribution in [0.3, 0.4) is 0 Å². The fraction of sp³-hybridized carbons (Fsp3) is 0.667. The van der Waals surface area contributed by atoms with Crippen molar-refractivity contribution in [3.63, 3.8) is 0 Å². The van der Waals surface area contributed by atoms with Crippen LogP contribution < -0.4 is 0 Å². The van der Waals surface area contributed by atoms with Gasteiger partial charge in [0, 0.05) is 5.41 Å². The number of hydrogen-bond acceptors (Lipinski definition) is 5. The van der Waals surface area contributed by atoms with Gasteiger partial charge in [0.15, 0.2) is 17.1 Å². The van der Waals surface area contributed by atoms with E-state index >= 15 is 0 Å². The normalized spacial score (nSPS) is 22.9. The standard InChI is InChI=1S/C12H15NO3S/c1-7-8(11-15-5-6-16-11)17-10(13-7)9(14)12(2)3-4-12/h11H,3-6H2,1-2H3. The average molecular weight is 253 g/mol. The molecule has 0 amide bonds. The summed E-state index contributed by atoms with van der Waals surface area (Å²) in [5.41, 5.74) is 0.702. The van der Waals surface area contributed by atoms with Gasteiger partial charge < -0.3 is 9.47 Å². The first-order valence-electron chi connectivity index (χ1n) is 5.85. The van der Waals surface area contributed by atoms with E-state index in [0.717, 1.165) is 23.4 Å². The van der Waals surface area contributed by atoms with Crippen molar-refractivity contribution < 1.29 is 14.3 Å². The highest BCUT2D eigenvalue weighted by Gasteiger charge is 2.46. The van der Waals surface area contributed by atoms with Gasteiger partial charge in [-0.15, -0.1) is 11.3 Å². The maximum atomic E-state index is 12.2. The molecule has 0 N–H and O–H groups in total. The van der Waals surface area contributed by atoms with Gasteiger partial charge in [-0.05, 0) is 19.8 Å². The highest BCUT2D eigenvalue weighted by atomic mass is 32.1. The quantitative estimate of drug-likeness (QED) is 0.776. The van der Waals surface area contributed by atoms with Crippen LogP contribution in [0, 0.1) is 12.3 Å². The number of nitrogens with zero attached hydrogens (tertiary/aromatic N) is 1. The van der Waals surface area contributed by atoms with E-state index in [4.69, 9.17) is 9.47 Å². The van der Waals surface area contributed by atoms with Gasteiger partial charge in [0.2, 0.25) is 0 Å². The fourth-order valence-corrected chi connectivity index (χ4v) is 3.06. The van der Waals surface area contributed by atoms with Gasteiger partial charge in [0.05, 0.1) is 23.8 Å². The number of ketones is 1. The Morgan fingerprint density at radius 3 is 2.65 bits per heavy atom. The number of ether oxygens (including phenoxy) is 2. The van der Waals surface area contributed by atoms with Crippen molar-refractivity contribution in [1.82, 2.24) is 4.98 Å². The van der Waals surface area contributed by atoms with Gasteiger partial charge >= 0.3 is 0 Å². The summed E-state index contributed by atoms with van der Waals surface area (Å²) in [4.78, 5) is 17.5. The van der Waals surface area contributed by atoms with Crippen molar-refractivity contribution in [1.29, 1.82) is 0 Å². The number of Topliss-reactive ketones (excluding diaryl/α,β-unsaturated/α-hetero) is 1. The number of aryl methyl sites for hydroxylation is 1. The van der Waals surface area contributed by atoms with E-state index in [-0.39, 0.29) is 17.5 Å². The fourth-order valence-electron chi connectivity index (χ4n) is 1.91. The molecule has 1 saturated heterocycles. The lowest BCUT2D eigenvalue weighted by Gasteiger charge is -2.06. The first kappa shape index (κ1) is 11.3. The van der Waals surface area contributed by atoms with Crippen LogP contribution in [-0.4, -0.2) is 24.0 Å². The molecule has 0 bridgehead atoms. The molecule has 1 aliphatic carbocycles. The second kappa shape index (κ2) is 3.86. The summed E-state index contributed by atoms with van der Waals surface area (Å²) in [7, 11) is 0. The predicted octanol–water partition coefficient (Wildman–Crippen LogP) is 2.48. The third kappa shape index (κ3) is 1.92. The van der Waals surface area contributed by atoms with E-state index in [0.29, 0.717) is 18.2 Å². The van der Waals surface area contributed by atoms with Gasteiger partial charge in [-0.2, -0.15) is 0 Å². The summed E-state index contributed by atoms with van der Waals surface area (Å²) in [6.07, 6.45) is 1.65. The van der Waals surface area contributed by atoms with Gasteiger partial charge in [-0.1, -0.05) is 6.92 Å². The molecule has 1 saturated carbocycles. The largest absolute Gasteiger partial charge is 0.345 e. The molecule has 0 aromatic carbocycles. The molecule has 5 heteroatoms. The summed E-state index contributed by atoms with van der Waals surface area (Å²) in [6.45, 7) is 5.14. The zero-order chi connectivity index (χ0) is 12.0. The van der Waals surface area contributed by atoms with E-state index < -0.39 is 0 Å². The summed E-state index contributed by atoms with van der Waals surface area (Å²) in [5, 5.41) is 0.608. The summed E-state index contributed by atoms with van der Waals surface area (Å²) < 4.78 is 10.9. The molecular weight excluding hydrogens is 238 g/mol. The molecule has 92 valence electrons. The van der Waals surface area contributed by atoms with Crippen molar-refractivity contribution >= 4 is 17.1 Å². The van der Waals surface area contributed by atoms with Crippen LogP contribution in [0.5, 0.6) is 0 Å². The highest BCUT2D eigenvalue weighted by molar-refractivity contribution is 7.13. The molecule has 3 rings (SSSR count). The molecule has 2 fully saturated rings. The Balaban J connectivity index is 1.87. The Labute approximate surface area is 104 Å². The molecule has 1 aromatic heterocycles. The van der Waals surface area contributed by atoms with Crippen LogP contribution in [0.2, 0.25) is 0 Å². The van der Waals surface area contributed by atoms with Crippen LogP contribution in [-0.2, 0) is 9.47 Å². The van der Waals surface area contributed by atoms with Gasteiger partial charge in [-0.25, -0.2) is 4.98 Å². The molecule has 2 heterocycles. The molecular formula is C12H15NO3S. The minimum absolute atomic E-state index is 0.154. The lowest BCUT2D eigenvalue weighted by atomic mass is 10.1. The summed E-state index contributed by atoms with van der Waals surface area (Å²) >= 11 is 1.42. The van der Waals surface area contributed by atoms with Crippen LogP contribution >= 0.6 is 11.3 Å². The van der Waals surface area contributed by atoms with E-state index in [1.165, 1.54) is 11.3 Å². The van der Waals surface area contributed by atoms with E-state index in [1.807, 2.05) is 13.8 Å². The Kier molecular flexibility index (Phi) is 2.57. The van der Waals surface area contributed by atoms with Crippen LogP contribution in [0.25, 0.3) is 0 Å². The Morgan fingerprint density at radius 1 is 1.41 bits per heavy atom. The minimum atomic E-state index is -0.318. The second-order valence-corrected chi connectivity index (χ2v) is 5.96. The minimum Gasteiger partial charge on any atom is -0.345 e. The van der Waals surface area contributed by atoms with Crippen molar-refractivity contribution in [2.45, 2.75) is 33.0 Å². The third-order valence-electron chi connectivity index (χ3n) is 3.41. The number of hydrogen-bond donors (Lipinski definition) is 0. The summed E-state index contributed by atoms with van der Waals surface area (Å²) in [5.74, 6) is 0.176. The molecule has 17 heavy (non-hydrogen) atoms. The lowest BCUT2D eigenvalue weighted by Crippen LogP contribution is -2.11. The molecule has 0 radical (unpaired) electrons. The van der Waals surface area contributed by atoms with Crippen LogP contribution in [0.15, 0.2) is 0 Å². The maximum absolute atomic E-state index is 12.2. The number of carbonyl (C=O) groups excluding carboxylic acids is 1. The molecule has 1 aromatic rings. The van der Waals surface area contributed by atoms with Gasteiger partial charge in [0.1, 0.15) is 0 Å². The molecule has 0 atom stereocenters. The monoisotopic (exact) mass is 253 g/mol. The Hall–Kier alpha value is -0.780. The number of carbonyl (C=O) groups is 1. The van der Waals surface area contributed by atoms with Gasteiger partial charge in [0.25, 0.3) is 0 Å². The van der Waals surface area contributed by atoms with Crippen molar-refractivity contribution in [3.05, 3.63) is 15.6 Å². The maximum Gasteiger partial charge on any atom is 0.197 e. The van der Waals surface area contributed by atoms with Crippen LogP contribution in [0.1, 0.15) is 46.4 Å². The Bertz CT molecular complexity index is 458. The number of thiazole rings is 1. The zero-order valence-corrected chi connectivity index (χ0v) is 10.8. The zero-order valence-electron chi connectivity index (χ0n) is 9.99. The lowest BCUT2D eigenvalue weighted by molar-refractivity contribution is -0.0418. The van der Waals surface area contributed by atoms with Crippen molar-refractivity contribution in [2.75, 3.05) is 13.2 Å².